The van der Waals surface area contributed by atoms with Gasteiger partial charge in [0.15, 0.2) is 0 Å². The van der Waals surface area contributed by atoms with Gasteiger partial charge in [0.2, 0.25) is 5.91 Å². The molecular formula is C9H19Cl2N3O. The summed E-state index contributed by atoms with van der Waals surface area (Å²) in [5, 5.41) is 9.62. The Hall–Kier alpha value is -0.0300. The van der Waals surface area contributed by atoms with Crippen LogP contribution in [0, 0.1) is 0 Å². The molecule has 1 amide bonds. The van der Waals surface area contributed by atoms with E-state index in [1.54, 1.807) is 0 Å². The average Bonchev–Trinajstić information content (AvgIpc) is 2.33. The van der Waals surface area contributed by atoms with Crippen LogP contribution in [-0.2, 0) is 4.79 Å². The smallest absolute Gasteiger partial charge is 0.241 e. The summed E-state index contributed by atoms with van der Waals surface area (Å²) in [5.74, 6) is 0.178. The molecule has 2 heterocycles. The molecule has 0 aromatic heterocycles. The van der Waals surface area contributed by atoms with E-state index < -0.39 is 0 Å². The lowest BCUT2D eigenvalue weighted by molar-refractivity contribution is -0.127. The molecule has 2 aliphatic heterocycles. The van der Waals surface area contributed by atoms with E-state index in [9.17, 15) is 4.79 Å². The highest BCUT2D eigenvalue weighted by molar-refractivity contribution is 5.87. The van der Waals surface area contributed by atoms with E-state index in [0.717, 1.165) is 45.4 Å². The number of rotatable bonds is 0. The molecule has 1 unspecified atom stereocenters. The fourth-order valence-corrected chi connectivity index (χ4v) is 2.12. The summed E-state index contributed by atoms with van der Waals surface area (Å²) in [4.78, 5) is 11.8. The number of amides is 1. The van der Waals surface area contributed by atoms with Gasteiger partial charge in [0.25, 0.3) is 0 Å². The van der Waals surface area contributed by atoms with Gasteiger partial charge in [-0.25, -0.2) is 0 Å². The first-order valence-corrected chi connectivity index (χ1v) is 5.08. The molecule has 0 aromatic carbocycles. The third-order valence-electron chi connectivity index (χ3n) is 2.92. The Kier molecular flexibility index (Phi) is 6.52. The molecule has 0 radical (unpaired) electrons. The van der Waals surface area contributed by atoms with Crippen molar-refractivity contribution in [3.63, 3.8) is 0 Å². The highest BCUT2D eigenvalue weighted by atomic mass is 35.5. The van der Waals surface area contributed by atoms with Crippen LogP contribution in [0.3, 0.4) is 0 Å². The Bertz CT molecular complexity index is 208. The van der Waals surface area contributed by atoms with Gasteiger partial charge < -0.3 is 16.0 Å². The van der Waals surface area contributed by atoms with Crippen molar-refractivity contribution < 1.29 is 4.79 Å². The lowest BCUT2D eigenvalue weighted by atomic mass is 9.89. The fourth-order valence-electron chi connectivity index (χ4n) is 2.12. The molecule has 2 rings (SSSR count). The zero-order chi connectivity index (χ0) is 9.15. The fraction of sp³-hybridized carbons (Fsp3) is 0.889. The molecule has 1 spiro atoms. The SMILES string of the molecule is Cl.Cl.O=C1NCCCNC12CCCNC2. The Labute approximate surface area is 103 Å². The molecule has 1 atom stereocenters. The minimum atomic E-state index is -0.311. The van der Waals surface area contributed by atoms with Crippen LogP contribution >= 0.6 is 24.8 Å². The van der Waals surface area contributed by atoms with Crippen molar-refractivity contribution in [2.45, 2.75) is 24.8 Å². The number of halogens is 2. The van der Waals surface area contributed by atoms with Gasteiger partial charge in [-0.2, -0.15) is 0 Å². The predicted molar refractivity (Wildman–Crippen MR) is 65.0 cm³/mol. The number of carbonyl (C=O) groups excluding carboxylic acids is 1. The van der Waals surface area contributed by atoms with Gasteiger partial charge >= 0.3 is 0 Å². The molecule has 0 saturated carbocycles. The summed E-state index contributed by atoms with van der Waals surface area (Å²) in [6, 6.07) is 0. The van der Waals surface area contributed by atoms with Crippen molar-refractivity contribution >= 4 is 30.7 Å². The maximum absolute atomic E-state index is 11.8. The van der Waals surface area contributed by atoms with Crippen LogP contribution < -0.4 is 16.0 Å². The molecule has 2 aliphatic rings. The third kappa shape index (κ3) is 3.21. The van der Waals surface area contributed by atoms with Crippen LogP contribution in [-0.4, -0.2) is 37.6 Å². The molecule has 6 heteroatoms. The van der Waals surface area contributed by atoms with E-state index in [0.29, 0.717) is 0 Å². The molecule has 0 aliphatic carbocycles. The summed E-state index contributed by atoms with van der Waals surface area (Å²) < 4.78 is 0. The van der Waals surface area contributed by atoms with Crippen LogP contribution in [0.15, 0.2) is 0 Å². The summed E-state index contributed by atoms with van der Waals surface area (Å²) in [5.41, 5.74) is -0.311. The monoisotopic (exact) mass is 255 g/mol. The van der Waals surface area contributed by atoms with E-state index in [2.05, 4.69) is 16.0 Å². The van der Waals surface area contributed by atoms with Crippen molar-refractivity contribution in [2.24, 2.45) is 0 Å². The second kappa shape index (κ2) is 6.53. The van der Waals surface area contributed by atoms with Gasteiger partial charge in [-0.1, -0.05) is 0 Å². The molecule has 3 N–H and O–H groups in total. The maximum Gasteiger partial charge on any atom is 0.241 e. The summed E-state index contributed by atoms with van der Waals surface area (Å²) in [7, 11) is 0. The van der Waals surface area contributed by atoms with Crippen molar-refractivity contribution in [3.05, 3.63) is 0 Å². The van der Waals surface area contributed by atoms with E-state index in [1.165, 1.54) is 0 Å². The lowest BCUT2D eigenvalue weighted by Crippen LogP contribution is -2.62. The van der Waals surface area contributed by atoms with Gasteiger partial charge in [-0.05, 0) is 32.4 Å². The molecule has 0 bridgehead atoms. The van der Waals surface area contributed by atoms with Crippen LogP contribution in [0.4, 0.5) is 0 Å². The number of hydrogen-bond donors (Lipinski definition) is 3. The zero-order valence-electron chi connectivity index (χ0n) is 8.67. The summed E-state index contributed by atoms with van der Waals surface area (Å²) in [6.07, 6.45) is 3.08. The Morgan fingerprint density at radius 1 is 1.07 bits per heavy atom. The number of carbonyl (C=O) groups is 1. The van der Waals surface area contributed by atoms with Gasteiger partial charge in [-0.3, -0.25) is 4.79 Å². The van der Waals surface area contributed by atoms with Gasteiger partial charge in [-0.15, -0.1) is 24.8 Å². The topological polar surface area (TPSA) is 53.2 Å². The highest BCUT2D eigenvalue weighted by Gasteiger charge is 2.39. The van der Waals surface area contributed by atoms with Crippen molar-refractivity contribution in [2.75, 3.05) is 26.2 Å². The van der Waals surface area contributed by atoms with Gasteiger partial charge in [0.1, 0.15) is 5.54 Å². The number of piperidine rings is 1. The molecule has 15 heavy (non-hydrogen) atoms. The minimum Gasteiger partial charge on any atom is -0.354 e. The number of hydrogen-bond acceptors (Lipinski definition) is 3. The quantitative estimate of drug-likeness (QED) is 0.574. The van der Waals surface area contributed by atoms with Crippen molar-refractivity contribution in [1.82, 2.24) is 16.0 Å². The first-order valence-electron chi connectivity index (χ1n) is 5.08. The Morgan fingerprint density at radius 2 is 1.87 bits per heavy atom. The first-order chi connectivity index (χ1) is 6.33. The van der Waals surface area contributed by atoms with Crippen LogP contribution in [0.1, 0.15) is 19.3 Å². The second-order valence-corrected chi connectivity index (χ2v) is 3.90. The standard InChI is InChI=1S/C9H17N3O.2ClH/c13-8-9(3-1-4-10-7-9)12-6-2-5-11-8;;/h10,12H,1-7H2,(H,11,13);2*1H. The molecule has 2 fully saturated rings. The van der Waals surface area contributed by atoms with Crippen molar-refractivity contribution in [3.8, 4) is 0 Å². The average molecular weight is 256 g/mol. The van der Waals surface area contributed by atoms with Crippen LogP contribution in [0.2, 0.25) is 0 Å². The zero-order valence-corrected chi connectivity index (χ0v) is 10.3. The highest BCUT2D eigenvalue weighted by Crippen LogP contribution is 2.17. The molecule has 90 valence electrons. The number of nitrogens with one attached hydrogen (secondary N) is 3. The summed E-state index contributed by atoms with van der Waals surface area (Å²) >= 11 is 0. The van der Waals surface area contributed by atoms with Crippen molar-refractivity contribution in [1.29, 1.82) is 0 Å². The minimum absolute atomic E-state index is 0. The first kappa shape index (κ1) is 15.0. The van der Waals surface area contributed by atoms with E-state index >= 15 is 0 Å². The molecule has 0 aromatic rings. The Balaban J connectivity index is 0.000000980. The summed E-state index contributed by atoms with van der Waals surface area (Å²) in [6.45, 7) is 3.57. The predicted octanol–water partition coefficient (Wildman–Crippen LogP) is 0.0617. The van der Waals surface area contributed by atoms with Gasteiger partial charge in [0.05, 0.1) is 0 Å². The van der Waals surface area contributed by atoms with E-state index in [4.69, 9.17) is 0 Å². The van der Waals surface area contributed by atoms with E-state index in [-0.39, 0.29) is 36.3 Å². The second-order valence-electron chi connectivity index (χ2n) is 3.90. The normalized spacial score (nSPS) is 30.8. The maximum atomic E-state index is 11.8. The molecular weight excluding hydrogens is 237 g/mol. The molecule has 2 saturated heterocycles. The van der Waals surface area contributed by atoms with E-state index in [1.807, 2.05) is 0 Å². The largest absolute Gasteiger partial charge is 0.354 e. The molecule has 4 nitrogen and oxygen atoms in total. The van der Waals surface area contributed by atoms with Gasteiger partial charge in [0, 0.05) is 13.1 Å². The lowest BCUT2D eigenvalue weighted by Gasteiger charge is -2.35. The third-order valence-corrected chi connectivity index (χ3v) is 2.92. The van der Waals surface area contributed by atoms with Crippen LogP contribution in [0.5, 0.6) is 0 Å². The Morgan fingerprint density at radius 3 is 2.53 bits per heavy atom. The van der Waals surface area contributed by atoms with Crippen LogP contribution in [0.25, 0.3) is 0 Å².